The van der Waals surface area contributed by atoms with Crippen LogP contribution >= 0.6 is 11.3 Å². The number of benzene rings is 1. The number of methoxy groups -OCH3 is 1. The summed E-state index contributed by atoms with van der Waals surface area (Å²) in [4.78, 5) is 19.2. The van der Waals surface area contributed by atoms with Crippen LogP contribution in [0.5, 0.6) is 0 Å². The standard InChI is InChI=1S/C19H24N4O4S2/c1-13-16(17(24)22-29(5,25)26)21-18(28-13)23(11-10-19(2,3)27-4)15-8-6-14(12-20)7-9-15/h6-9H,10-11H2,1-5H3,(H,22,24). The highest BCUT2D eigenvalue weighted by atomic mass is 32.2. The summed E-state index contributed by atoms with van der Waals surface area (Å²) in [6, 6.07) is 9.13. The Kier molecular flexibility index (Phi) is 7.00. The Balaban J connectivity index is 2.41. The molecular weight excluding hydrogens is 412 g/mol. The predicted molar refractivity (Wildman–Crippen MR) is 113 cm³/mol. The van der Waals surface area contributed by atoms with Gasteiger partial charge in [0.1, 0.15) is 5.69 Å². The second-order valence-electron chi connectivity index (χ2n) is 7.13. The number of anilines is 2. The predicted octanol–water partition coefficient (Wildman–Crippen LogP) is 2.97. The van der Waals surface area contributed by atoms with Gasteiger partial charge < -0.3 is 9.64 Å². The van der Waals surface area contributed by atoms with E-state index in [1.165, 1.54) is 11.3 Å². The van der Waals surface area contributed by atoms with Crippen LogP contribution in [0, 0.1) is 18.3 Å². The van der Waals surface area contributed by atoms with Crippen molar-refractivity contribution in [3.63, 3.8) is 0 Å². The van der Waals surface area contributed by atoms with Crippen LogP contribution in [-0.2, 0) is 14.8 Å². The Morgan fingerprint density at radius 1 is 1.34 bits per heavy atom. The van der Waals surface area contributed by atoms with E-state index in [1.807, 2.05) is 35.6 Å². The van der Waals surface area contributed by atoms with Gasteiger partial charge in [0.15, 0.2) is 5.13 Å². The number of rotatable bonds is 8. The average molecular weight is 437 g/mol. The molecule has 0 bridgehead atoms. The van der Waals surface area contributed by atoms with Crippen molar-refractivity contribution in [2.24, 2.45) is 0 Å². The van der Waals surface area contributed by atoms with Crippen molar-refractivity contribution in [2.45, 2.75) is 32.8 Å². The molecule has 1 heterocycles. The van der Waals surface area contributed by atoms with Gasteiger partial charge in [0, 0.05) is 24.2 Å². The van der Waals surface area contributed by atoms with Crippen LogP contribution in [0.1, 0.15) is 41.2 Å². The number of nitrogens with zero attached hydrogens (tertiary/aromatic N) is 3. The number of hydrogen-bond donors (Lipinski definition) is 1. The molecule has 2 rings (SSSR count). The number of aromatic nitrogens is 1. The monoisotopic (exact) mass is 436 g/mol. The molecule has 0 fully saturated rings. The van der Waals surface area contributed by atoms with Gasteiger partial charge >= 0.3 is 0 Å². The highest BCUT2D eigenvalue weighted by molar-refractivity contribution is 7.89. The van der Waals surface area contributed by atoms with Gasteiger partial charge in [-0.2, -0.15) is 5.26 Å². The molecule has 29 heavy (non-hydrogen) atoms. The molecule has 1 aromatic carbocycles. The molecule has 0 unspecified atom stereocenters. The Hall–Kier alpha value is -2.48. The molecule has 1 amide bonds. The summed E-state index contributed by atoms with van der Waals surface area (Å²) in [6.07, 6.45) is 1.59. The third-order valence-corrected chi connectivity index (χ3v) is 5.86. The number of nitrogens with one attached hydrogen (secondary N) is 1. The van der Waals surface area contributed by atoms with Crippen LogP contribution in [0.25, 0.3) is 0 Å². The van der Waals surface area contributed by atoms with E-state index in [1.54, 1.807) is 26.2 Å². The molecule has 1 aromatic heterocycles. The third-order valence-electron chi connectivity index (χ3n) is 4.31. The first-order chi connectivity index (χ1) is 13.5. The first-order valence-corrected chi connectivity index (χ1v) is 11.5. The van der Waals surface area contributed by atoms with Crippen LogP contribution < -0.4 is 9.62 Å². The van der Waals surface area contributed by atoms with Gasteiger partial charge in [-0.25, -0.2) is 18.1 Å². The van der Waals surface area contributed by atoms with Crippen LogP contribution in [0.3, 0.4) is 0 Å². The van der Waals surface area contributed by atoms with Gasteiger partial charge in [0.05, 0.1) is 23.5 Å². The summed E-state index contributed by atoms with van der Waals surface area (Å²) in [5, 5.41) is 9.59. The number of carbonyl (C=O) groups is 1. The van der Waals surface area contributed by atoms with Crippen LogP contribution in [0.4, 0.5) is 10.8 Å². The molecule has 8 nitrogen and oxygen atoms in total. The quantitative estimate of drug-likeness (QED) is 0.677. The second kappa shape index (κ2) is 8.90. The van der Waals surface area contributed by atoms with Crippen molar-refractivity contribution in [3.8, 4) is 6.07 Å². The molecule has 1 N–H and O–H groups in total. The topological polar surface area (TPSA) is 112 Å². The van der Waals surface area contributed by atoms with E-state index in [0.29, 0.717) is 28.5 Å². The zero-order valence-electron chi connectivity index (χ0n) is 17.0. The van der Waals surface area contributed by atoms with Gasteiger partial charge in [-0.15, -0.1) is 11.3 Å². The summed E-state index contributed by atoms with van der Waals surface area (Å²) in [5.41, 5.74) is 1.04. The number of sulfonamides is 1. The van der Waals surface area contributed by atoms with E-state index in [-0.39, 0.29) is 11.3 Å². The zero-order valence-corrected chi connectivity index (χ0v) is 18.6. The van der Waals surface area contributed by atoms with Crippen molar-refractivity contribution >= 4 is 38.1 Å². The van der Waals surface area contributed by atoms with Gasteiger partial charge in [0.2, 0.25) is 10.0 Å². The van der Waals surface area contributed by atoms with E-state index in [0.717, 1.165) is 11.9 Å². The maximum Gasteiger partial charge on any atom is 0.284 e. The van der Waals surface area contributed by atoms with E-state index in [4.69, 9.17) is 10.00 Å². The van der Waals surface area contributed by atoms with Crippen molar-refractivity contribution in [2.75, 3.05) is 24.8 Å². The summed E-state index contributed by atoms with van der Waals surface area (Å²) in [6.45, 7) is 6.21. The molecule has 0 aliphatic rings. The average Bonchev–Trinajstić information content (AvgIpc) is 3.02. The maximum absolute atomic E-state index is 12.3. The largest absolute Gasteiger partial charge is 0.379 e. The van der Waals surface area contributed by atoms with E-state index < -0.39 is 15.9 Å². The van der Waals surface area contributed by atoms with Crippen LogP contribution in [-0.4, -0.2) is 44.8 Å². The third kappa shape index (κ3) is 6.25. The second-order valence-corrected chi connectivity index (χ2v) is 10.1. The first-order valence-electron chi connectivity index (χ1n) is 8.78. The summed E-state index contributed by atoms with van der Waals surface area (Å²) >= 11 is 1.29. The molecule has 0 spiro atoms. The molecule has 10 heteroatoms. The minimum atomic E-state index is -3.69. The molecule has 0 aliphatic heterocycles. The number of carbonyl (C=O) groups excluding carboxylic acids is 1. The van der Waals surface area contributed by atoms with Crippen LogP contribution in [0.2, 0.25) is 0 Å². The van der Waals surface area contributed by atoms with Gasteiger partial charge in [-0.1, -0.05) is 0 Å². The fourth-order valence-corrected chi connectivity index (χ4v) is 3.85. The summed E-state index contributed by atoms with van der Waals surface area (Å²) in [5.74, 6) is -0.760. The van der Waals surface area contributed by atoms with Crippen molar-refractivity contribution in [1.29, 1.82) is 5.26 Å². The van der Waals surface area contributed by atoms with Crippen LogP contribution in [0.15, 0.2) is 24.3 Å². The summed E-state index contributed by atoms with van der Waals surface area (Å²) in [7, 11) is -2.04. The number of hydrogen-bond acceptors (Lipinski definition) is 8. The zero-order chi connectivity index (χ0) is 21.8. The molecule has 0 saturated carbocycles. The van der Waals surface area contributed by atoms with Crippen molar-refractivity contribution < 1.29 is 17.9 Å². The Bertz CT molecular complexity index is 1020. The minimum absolute atomic E-state index is 0.0695. The molecule has 156 valence electrons. The van der Waals surface area contributed by atoms with E-state index in [9.17, 15) is 13.2 Å². The van der Waals surface area contributed by atoms with Gasteiger partial charge in [-0.05, 0) is 51.5 Å². The van der Waals surface area contributed by atoms with Crippen molar-refractivity contribution in [3.05, 3.63) is 40.4 Å². The highest BCUT2D eigenvalue weighted by Gasteiger charge is 2.24. The number of ether oxygens (including phenoxy) is 1. The highest BCUT2D eigenvalue weighted by Crippen LogP contribution is 2.33. The normalized spacial score (nSPS) is 11.7. The number of amides is 1. The lowest BCUT2D eigenvalue weighted by Crippen LogP contribution is -2.31. The molecule has 0 atom stereocenters. The number of thiazole rings is 1. The minimum Gasteiger partial charge on any atom is -0.379 e. The Labute approximate surface area is 175 Å². The SMILES string of the molecule is COC(C)(C)CCN(c1ccc(C#N)cc1)c1nc(C(=O)NS(C)(=O)=O)c(C)s1. The summed E-state index contributed by atoms with van der Waals surface area (Å²) < 4.78 is 30.2. The Morgan fingerprint density at radius 3 is 2.48 bits per heavy atom. The fourth-order valence-electron chi connectivity index (χ4n) is 2.46. The van der Waals surface area contributed by atoms with E-state index >= 15 is 0 Å². The molecule has 0 saturated heterocycles. The molecule has 0 radical (unpaired) electrons. The number of aryl methyl sites for hydroxylation is 1. The Morgan fingerprint density at radius 2 is 1.97 bits per heavy atom. The first kappa shape index (κ1) is 22.8. The fraction of sp³-hybridized carbons (Fsp3) is 0.421. The van der Waals surface area contributed by atoms with Gasteiger partial charge in [-0.3, -0.25) is 4.79 Å². The lowest BCUT2D eigenvalue weighted by Gasteiger charge is -2.28. The smallest absolute Gasteiger partial charge is 0.284 e. The van der Waals surface area contributed by atoms with Gasteiger partial charge in [0.25, 0.3) is 5.91 Å². The molecular formula is C19H24N4O4S2. The number of nitriles is 1. The lowest BCUT2D eigenvalue weighted by atomic mass is 10.0. The van der Waals surface area contributed by atoms with Crippen molar-refractivity contribution in [1.82, 2.24) is 9.71 Å². The van der Waals surface area contributed by atoms with E-state index in [2.05, 4.69) is 11.1 Å². The molecule has 0 aliphatic carbocycles. The maximum atomic E-state index is 12.3. The lowest BCUT2D eigenvalue weighted by molar-refractivity contribution is 0.0176. The molecule has 2 aromatic rings.